The van der Waals surface area contributed by atoms with Crippen LogP contribution in [-0.2, 0) is 14.3 Å². The summed E-state index contributed by atoms with van der Waals surface area (Å²) in [6.45, 7) is 5.52. The van der Waals surface area contributed by atoms with Crippen LogP contribution in [0.5, 0.6) is 0 Å². The third-order valence-corrected chi connectivity index (χ3v) is 4.84. The van der Waals surface area contributed by atoms with Crippen LogP contribution >= 0.6 is 11.6 Å². The maximum Gasteiger partial charge on any atom is 0.306 e. The Labute approximate surface area is 148 Å². The largest absolute Gasteiger partial charge is 0.469 e. The summed E-state index contributed by atoms with van der Waals surface area (Å²) in [6, 6.07) is 7.61. The molecule has 0 radical (unpaired) electrons. The molecule has 0 aliphatic carbocycles. The molecule has 0 N–H and O–H groups in total. The van der Waals surface area contributed by atoms with Crippen LogP contribution in [0.1, 0.15) is 44.7 Å². The Hall–Kier alpha value is -1.59. The maximum atomic E-state index is 13.0. The van der Waals surface area contributed by atoms with E-state index in [4.69, 9.17) is 16.3 Å². The monoisotopic (exact) mass is 352 g/mol. The number of hydrazine groups is 1. The van der Waals surface area contributed by atoms with E-state index in [0.29, 0.717) is 11.4 Å². The van der Waals surface area contributed by atoms with E-state index in [-0.39, 0.29) is 30.3 Å². The lowest BCUT2D eigenvalue weighted by Crippen LogP contribution is -2.53. The molecule has 1 fully saturated rings. The van der Waals surface area contributed by atoms with Crippen molar-refractivity contribution < 1.29 is 14.3 Å². The molecule has 0 spiro atoms. The van der Waals surface area contributed by atoms with Crippen LogP contribution in [0.15, 0.2) is 24.3 Å². The fourth-order valence-corrected chi connectivity index (χ4v) is 3.40. The maximum absolute atomic E-state index is 13.0. The van der Waals surface area contributed by atoms with Crippen molar-refractivity contribution in [3.63, 3.8) is 0 Å². The van der Waals surface area contributed by atoms with Crippen molar-refractivity contribution in [3.8, 4) is 0 Å². The van der Waals surface area contributed by atoms with Gasteiger partial charge in [-0.05, 0) is 30.5 Å². The molecule has 5 nitrogen and oxygen atoms in total. The summed E-state index contributed by atoms with van der Waals surface area (Å²) in [4.78, 5) is 24.6. The second-order valence-electron chi connectivity index (χ2n) is 5.94. The van der Waals surface area contributed by atoms with E-state index in [0.717, 1.165) is 25.1 Å². The minimum Gasteiger partial charge on any atom is -0.469 e. The van der Waals surface area contributed by atoms with Crippen molar-refractivity contribution in [3.05, 3.63) is 34.9 Å². The summed E-state index contributed by atoms with van der Waals surface area (Å²) in [6.07, 6.45) is 1.63. The molecule has 1 aliphatic rings. The van der Waals surface area contributed by atoms with Gasteiger partial charge < -0.3 is 4.74 Å². The molecule has 0 aromatic heterocycles. The lowest BCUT2D eigenvalue weighted by molar-refractivity contribution is -0.169. The van der Waals surface area contributed by atoms with Gasteiger partial charge in [-0.3, -0.25) is 14.6 Å². The van der Waals surface area contributed by atoms with Gasteiger partial charge in [0.2, 0.25) is 5.91 Å². The van der Waals surface area contributed by atoms with Crippen molar-refractivity contribution in [2.24, 2.45) is 5.92 Å². The van der Waals surface area contributed by atoms with Gasteiger partial charge in [0, 0.05) is 18.1 Å². The Kier molecular flexibility index (Phi) is 6.63. The minimum absolute atomic E-state index is 0.00435. The van der Waals surface area contributed by atoms with E-state index in [9.17, 15) is 9.59 Å². The number of esters is 1. The summed E-state index contributed by atoms with van der Waals surface area (Å²) < 4.78 is 4.74. The first kappa shape index (κ1) is 18.7. The normalized spacial score (nSPS) is 21.2. The average molecular weight is 353 g/mol. The minimum atomic E-state index is -0.335. The average Bonchev–Trinajstić information content (AvgIpc) is 2.59. The number of ether oxygens (including phenoxy) is 1. The molecule has 1 aromatic carbocycles. The number of amides is 1. The van der Waals surface area contributed by atoms with Crippen LogP contribution in [0.4, 0.5) is 0 Å². The number of carbonyl (C=O) groups is 2. The molecule has 1 aliphatic heterocycles. The topological polar surface area (TPSA) is 49.9 Å². The van der Waals surface area contributed by atoms with Crippen LogP contribution in [0.25, 0.3) is 0 Å². The number of piperidine rings is 1. The molecule has 0 saturated carbocycles. The smallest absolute Gasteiger partial charge is 0.306 e. The van der Waals surface area contributed by atoms with Gasteiger partial charge in [-0.1, -0.05) is 37.6 Å². The Morgan fingerprint density at radius 2 is 1.88 bits per heavy atom. The van der Waals surface area contributed by atoms with Crippen molar-refractivity contribution >= 4 is 23.5 Å². The highest BCUT2D eigenvalue weighted by Crippen LogP contribution is 2.37. The van der Waals surface area contributed by atoms with E-state index >= 15 is 0 Å². The van der Waals surface area contributed by atoms with Gasteiger partial charge >= 0.3 is 5.97 Å². The number of halogens is 1. The number of nitrogens with zero attached hydrogens (tertiary/aromatic N) is 2. The molecule has 132 valence electrons. The quantitative estimate of drug-likeness (QED) is 0.736. The van der Waals surface area contributed by atoms with Gasteiger partial charge in [0.15, 0.2) is 0 Å². The molecule has 0 bridgehead atoms. The van der Waals surface area contributed by atoms with Crippen molar-refractivity contribution in [1.29, 1.82) is 0 Å². The van der Waals surface area contributed by atoms with Gasteiger partial charge in [-0.25, -0.2) is 5.01 Å². The van der Waals surface area contributed by atoms with Gasteiger partial charge in [-0.15, -0.1) is 0 Å². The SMILES string of the molecule is CCN(CC)N1C(=O)C(CC(=O)OC)CCC1c1ccc(Cl)cc1. The van der Waals surface area contributed by atoms with Crippen LogP contribution in [0.3, 0.4) is 0 Å². The van der Waals surface area contributed by atoms with Crippen LogP contribution in [-0.4, -0.2) is 42.1 Å². The third kappa shape index (κ3) is 4.08. The molecular weight excluding hydrogens is 328 g/mol. The lowest BCUT2D eigenvalue weighted by atomic mass is 9.87. The second kappa shape index (κ2) is 8.49. The Morgan fingerprint density at radius 1 is 1.25 bits per heavy atom. The molecular formula is C18H25ClN2O3. The van der Waals surface area contributed by atoms with Crippen LogP contribution < -0.4 is 0 Å². The Bertz CT molecular complexity index is 572. The summed E-state index contributed by atoms with van der Waals surface area (Å²) in [7, 11) is 1.36. The number of hydrogen-bond donors (Lipinski definition) is 0. The number of carbonyl (C=O) groups excluding carboxylic acids is 2. The Morgan fingerprint density at radius 3 is 2.42 bits per heavy atom. The highest BCUT2D eigenvalue weighted by molar-refractivity contribution is 6.30. The predicted octanol–water partition coefficient (Wildman–Crippen LogP) is 3.44. The third-order valence-electron chi connectivity index (χ3n) is 4.59. The molecule has 6 heteroatoms. The van der Waals surface area contributed by atoms with E-state index < -0.39 is 0 Å². The molecule has 1 heterocycles. The highest BCUT2D eigenvalue weighted by atomic mass is 35.5. The summed E-state index contributed by atoms with van der Waals surface area (Å²) in [5, 5.41) is 4.55. The first-order chi connectivity index (χ1) is 11.5. The first-order valence-corrected chi connectivity index (χ1v) is 8.79. The fraction of sp³-hybridized carbons (Fsp3) is 0.556. The standard InChI is InChI=1S/C18H25ClN2O3/c1-4-20(5-2)21-16(13-6-9-15(19)10-7-13)11-8-14(18(21)23)12-17(22)24-3/h6-7,9-10,14,16H,4-5,8,11-12H2,1-3H3. The van der Waals surface area contributed by atoms with Crippen LogP contribution in [0, 0.1) is 5.92 Å². The number of rotatable bonds is 6. The molecule has 2 rings (SSSR count). The number of methoxy groups -OCH3 is 1. The van der Waals surface area contributed by atoms with Gasteiger partial charge in [0.1, 0.15) is 0 Å². The summed E-state index contributed by atoms with van der Waals surface area (Å²) in [5.41, 5.74) is 1.07. The first-order valence-electron chi connectivity index (χ1n) is 8.42. The van der Waals surface area contributed by atoms with Crippen molar-refractivity contribution in [2.45, 2.75) is 39.2 Å². The molecule has 1 saturated heterocycles. The molecule has 2 atom stereocenters. The number of benzene rings is 1. The predicted molar refractivity (Wildman–Crippen MR) is 93.3 cm³/mol. The summed E-state index contributed by atoms with van der Waals surface area (Å²) in [5.74, 6) is -0.658. The van der Waals surface area contributed by atoms with Crippen molar-refractivity contribution in [2.75, 3.05) is 20.2 Å². The van der Waals surface area contributed by atoms with Gasteiger partial charge in [0.25, 0.3) is 0 Å². The van der Waals surface area contributed by atoms with E-state index in [1.54, 1.807) is 0 Å². The van der Waals surface area contributed by atoms with Crippen molar-refractivity contribution in [1.82, 2.24) is 10.0 Å². The number of hydrogen-bond acceptors (Lipinski definition) is 4. The van der Waals surface area contributed by atoms with Crippen LogP contribution in [0.2, 0.25) is 5.02 Å². The molecule has 1 amide bonds. The van der Waals surface area contributed by atoms with Gasteiger partial charge in [0.05, 0.1) is 25.5 Å². The highest BCUT2D eigenvalue weighted by Gasteiger charge is 2.39. The fourth-order valence-electron chi connectivity index (χ4n) is 3.28. The van der Waals surface area contributed by atoms with E-state index in [2.05, 4.69) is 0 Å². The summed E-state index contributed by atoms with van der Waals surface area (Å²) >= 11 is 5.99. The molecule has 1 aromatic rings. The van der Waals surface area contributed by atoms with Gasteiger partial charge in [-0.2, -0.15) is 0 Å². The Balaban J connectivity index is 2.29. The lowest BCUT2D eigenvalue weighted by Gasteiger charge is -2.45. The van der Waals surface area contributed by atoms with E-state index in [1.165, 1.54) is 7.11 Å². The molecule has 24 heavy (non-hydrogen) atoms. The zero-order chi connectivity index (χ0) is 17.7. The second-order valence-corrected chi connectivity index (χ2v) is 6.38. The van der Waals surface area contributed by atoms with E-state index in [1.807, 2.05) is 48.1 Å². The zero-order valence-electron chi connectivity index (χ0n) is 14.5. The molecule has 2 unspecified atom stereocenters. The zero-order valence-corrected chi connectivity index (χ0v) is 15.3.